The van der Waals surface area contributed by atoms with Gasteiger partial charge in [0.2, 0.25) is 5.91 Å². The van der Waals surface area contributed by atoms with E-state index < -0.39 is 0 Å². The number of hydrogen-bond donors (Lipinski definition) is 1. The van der Waals surface area contributed by atoms with Crippen molar-refractivity contribution in [3.63, 3.8) is 0 Å². The van der Waals surface area contributed by atoms with Gasteiger partial charge in [0, 0.05) is 12.1 Å². The van der Waals surface area contributed by atoms with E-state index in [1.807, 2.05) is 36.4 Å². The molecule has 0 aliphatic heterocycles. The van der Waals surface area contributed by atoms with Crippen LogP contribution in [-0.4, -0.2) is 40.9 Å². The van der Waals surface area contributed by atoms with Gasteiger partial charge in [-0.1, -0.05) is 60.7 Å². The van der Waals surface area contributed by atoms with Crippen molar-refractivity contribution in [2.75, 3.05) is 35.0 Å². The van der Waals surface area contributed by atoms with E-state index in [0.29, 0.717) is 36.0 Å². The number of fused-ring (bicyclic) bond motifs is 1. The monoisotopic (exact) mass is 485 g/mol. The average molecular weight is 486 g/mol. The third kappa shape index (κ3) is 5.23. The number of methoxy groups -OCH3 is 4. The minimum Gasteiger partial charge on any atom is -0.493 e. The number of carbonyl (C=O) groups excluding carboxylic acids is 1. The molecule has 36 heavy (non-hydrogen) atoms. The molecule has 1 N–H and O–H groups in total. The molecule has 4 rings (SSSR count). The molecule has 0 aromatic heterocycles. The molecular weight excluding hydrogens is 454 g/mol. The van der Waals surface area contributed by atoms with Gasteiger partial charge in [-0.15, -0.1) is 0 Å². The fraction of sp³-hybridized carbons (Fsp3) is 0.233. The van der Waals surface area contributed by atoms with Gasteiger partial charge in [0.05, 0.1) is 34.9 Å². The highest BCUT2D eigenvalue weighted by atomic mass is 16.5. The minimum atomic E-state index is -0.0690. The zero-order valence-corrected chi connectivity index (χ0v) is 21.1. The number of carbonyl (C=O) groups is 1. The molecule has 0 saturated heterocycles. The number of amides is 1. The van der Waals surface area contributed by atoms with Gasteiger partial charge in [0.15, 0.2) is 23.0 Å². The molecule has 186 valence electrons. The summed E-state index contributed by atoms with van der Waals surface area (Å²) in [6.45, 7) is 0.471. The van der Waals surface area contributed by atoms with E-state index in [0.717, 1.165) is 33.0 Å². The summed E-state index contributed by atoms with van der Waals surface area (Å²) in [6, 6.07) is 24.1. The van der Waals surface area contributed by atoms with Crippen LogP contribution in [0, 0.1) is 0 Å². The Bertz CT molecular complexity index is 1360. The van der Waals surface area contributed by atoms with E-state index in [-0.39, 0.29) is 12.3 Å². The Balaban J connectivity index is 1.49. The van der Waals surface area contributed by atoms with E-state index in [2.05, 4.69) is 35.6 Å². The summed E-state index contributed by atoms with van der Waals surface area (Å²) >= 11 is 0. The van der Waals surface area contributed by atoms with Gasteiger partial charge in [0.1, 0.15) is 0 Å². The van der Waals surface area contributed by atoms with Gasteiger partial charge >= 0.3 is 0 Å². The number of hydrogen-bond acceptors (Lipinski definition) is 5. The van der Waals surface area contributed by atoms with Crippen molar-refractivity contribution in [1.29, 1.82) is 0 Å². The molecule has 0 atom stereocenters. The SMILES string of the molecule is COc1ccc(CC(=O)NCCc2ccc(-c3cccc4ccccc34)c(OC)c2OC)cc1OC. The van der Waals surface area contributed by atoms with Gasteiger partial charge in [-0.25, -0.2) is 0 Å². The van der Waals surface area contributed by atoms with Crippen molar-refractivity contribution in [3.05, 3.63) is 83.9 Å². The molecule has 0 aliphatic carbocycles. The van der Waals surface area contributed by atoms with E-state index in [9.17, 15) is 4.79 Å². The first-order valence-electron chi connectivity index (χ1n) is 11.8. The zero-order chi connectivity index (χ0) is 25.5. The Kier molecular flexibility index (Phi) is 7.95. The highest BCUT2D eigenvalue weighted by Crippen LogP contribution is 2.42. The summed E-state index contributed by atoms with van der Waals surface area (Å²) < 4.78 is 22.2. The Morgan fingerprint density at radius 3 is 2.22 bits per heavy atom. The number of rotatable bonds is 10. The Hall–Kier alpha value is -4.19. The van der Waals surface area contributed by atoms with E-state index in [1.54, 1.807) is 34.5 Å². The fourth-order valence-corrected chi connectivity index (χ4v) is 4.47. The average Bonchev–Trinajstić information content (AvgIpc) is 2.92. The molecule has 0 aliphatic rings. The first kappa shape index (κ1) is 24.9. The molecule has 0 saturated carbocycles. The molecule has 6 nitrogen and oxygen atoms in total. The quantitative estimate of drug-likeness (QED) is 0.324. The van der Waals surface area contributed by atoms with Crippen LogP contribution in [0.4, 0.5) is 0 Å². The lowest BCUT2D eigenvalue weighted by Crippen LogP contribution is -2.27. The maximum atomic E-state index is 12.6. The Labute approximate surface area is 211 Å². The van der Waals surface area contributed by atoms with Crippen LogP contribution in [0.15, 0.2) is 72.8 Å². The Morgan fingerprint density at radius 2 is 1.47 bits per heavy atom. The molecule has 0 bridgehead atoms. The molecular formula is C30H31NO5. The largest absolute Gasteiger partial charge is 0.493 e. The van der Waals surface area contributed by atoms with Crippen molar-refractivity contribution < 1.29 is 23.7 Å². The van der Waals surface area contributed by atoms with Gasteiger partial charge in [-0.2, -0.15) is 0 Å². The van der Waals surface area contributed by atoms with Crippen LogP contribution >= 0.6 is 0 Å². The second kappa shape index (κ2) is 11.5. The zero-order valence-electron chi connectivity index (χ0n) is 21.1. The van der Waals surface area contributed by atoms with Gasteiger partial charge in [-0.3, -0.25) is 4.79 Å². The normalized spacial score (nSPS) is 10.7. The van der Waals surface area contributed by atoms with Crippen LogP contribution in [0.25, 0.3) is 21.9 Å². The standard InChI is InChI=1S/C30H31NO5/c1-33-26-15-12-20(18-27(26)34-2)19-28(32)31-17-16-22-13-14-25(30(36-4)29(22)35-3)24-11-7-9-21-8-5-6-10-23(21)24/h5-15,18H,16-17,19H2,1-4H3,(H,31,32). The van der Waals surface area contributed by atoms with E-state index >= 15 is 0 Å². The summed E-state index contributed by atoms with van der Waals surface area (Å²) in [5, 5.41) is 5.31. The fourth-order valence-electron chi connectivity index (χ4n) is 4.47. The van der Waals surface area contributed by atoms with Crippen LogP contribution in [-0.2, 0) is 17.6 Å². The van der Waals surface area contributed by atoms with E-state index in [1.165, 1.54) is 0 Å². The van der Waals surface area contributed by atoms with Crippen molar-refractivity contribution in [2.24, 2.45) is 0 Å². The van der Waals surface area contributed by atoms with Crippen LogP contribution in [0.2, 0.25) is 0 Å². The van der Waals surface area contributed by atoms with Crippen LogP contribution in [0.3, 0.4) is 0 Å². The number of benzene rings is 4. The lowest BCUT2D eigenvalue weighted by molar-refractivity contribution is -0.120. The smallest absolute Gasteiger partial charge is 0.224 e. The molecule has 4 aromatic rings. The second-order valence-electron chi connectivity index (χ2n) is 8.33. The van der Waals surface area contributed by atoms with Crippen molar-refractivity contribution in [2.45, 2.75) is 12.8 Å². The summed E-state index contributed by atoms with van der Waals surface area (Å²) in [5.74, 6) is 2.53. The number of nitrogens with one attached hydrogen (secondary N) is 1. The van der Waals surface area contributed by atoms with Crippen molar-refractivity contribution in [3.8, 4) is 34.1 Å². The lowest BCUT2D eigenvalue weighted by Gasteiger charge is -2.18. The highest BCUT2D eigenvalue weighted by molar-refractivity contribution is 5.98. The predicted molar refractivity (Wildman–Crippen MR) is 142 cm³/mol. The lowest BCUT2D eigenvalue weighted by atomic mass is 9.95. The maximum absolute atomic E-state index is 12.6. The summed E-state index contributed by atoms with van der Waals surface area (Å²) in [5.41, 5.74) is 3.86. The van der Waals surface area contributed by atoms with Crippen molar-refractivity contribution >= 4 is 16.7 Å². The molecule has 0 unspecified atom stereocenters. The minimum absolute atomic E-state index is 0.0690. The topological polar surface area (TPSA) is 66.0 Å². The maximum Gasteiger partial charge on any atom is 0.224 e. The van der Waals surface area contributed by atoms with E-state index in [4.69, 9.17) is 18.9 Å². The van der Waals surface area contributed by atoms with Gasteiger partial charge in [-0.05, 0) is 46.0 Å². The summed E-state index contributed by atoms with van der Waals surface area (Å²) in [4.78, 5) is 12.6. The molecule has 0 heterocycles. The molecule has 0 fully saturated rings. The van der Waals surface area contributed by atoms with Crippen LogP contribution < -0.4 is 24.3 Å². The predicted octanol–water partition coefficient (Wildman–Crippen LogP) is 5.44. The molecule has 1 amide bonds. The third-order valence-electron chi connectivity index (χ3n) is 6.21. The third-order valence-corrected chi connectivity index (χ3v) is 6.21. The molecule has 6 heteroatoms. The van der Waals surface area contributed by atoms with Crippen LogP contribution in [0.5, 0.6) is 23.0 Å². The second-order valence-corrected chi connectivity index (χ2v) is 8.33. The summed E-state index contributed by atoms with van der Waals surface area (Å²) in [7, 11) is 6.46. The Morgan fingerprint density at radius 1 is 0.722 bits per heavy atom. The van der Waals surface area contributed by atoms with Gasteiger partial charge < -0.3 is 24.3 Å². The summed E-state index contributed by atoms with van der Waals surface area (Å²) in [6.07, 6.45) is 0.855. The van der Waals surface area contributed by atoms with Gasteiger partial charge in [0.25, 0.3) is 0 Å². The van der Waals surface area contributed by atoms with Crippen molar-refractivity contribution in [1.82, 2.24) is 5.32 Å². The molecule has 4 aromatic carbocycles. The molecule has 0 spiro atoms. The molecule has 0 radical (unpaired) electrons. The first-order valence-corrected chi connectivity index (χ1v) is 11.8. The van der Waals surface area contributed by atoms with Crippen LogP contribution in [0.1, 0.15) is 11.1 Å². The number of ether oxygens (including phenoxy) is 4. The highest BCUT2D eigenvalue weighted by Gasteiger charge is 2.18. The first-order chi connectivity index (χ1) is 17.6.